The summed E-state index contributed by atoms with van der Waals surface area (Å²) in [7, 11) is 1.57. The highest BCUT2D eigenvalue weighted by atomic mass is 35.5. The smallest absolute Gasteiger partial charge is 0.296 e. The molecule has 0 saturated heterocycles. The van der Waals surface area contributed by atoms with Gasteiger partial charge in [0.15, 0.2) is 0 Å². The summed E-state index contributed by atoms with van der Waals surface area (Å²) in [5.41, 5.74) is 0.875. The van der Waals surface area contributed by atoms with Gasteiger partial charge in [-0.05, 0) is 23.8 Å². The normalized spacial score (nSPS) is 11.9. The lowest BCUT2D eigenvalue weighted by atomic mass is 10.1. The van der Waals surface area contributed by atoms with Crippen LogP contribution in [0.4, 0.5) is 0 Å². The van der Waals surface area contributed by atoms with Crippen molar-refractivity contribution in [3.05, 3.63) is 95.6 Å². The Hall–Kier alpha value is -3.03. The predicted molar refractivity (Wildman–Crippen MR) is 109 cm³/mol. The number of hydrogen-bond acceptors (Lipinski definition) is 6. The first-order valence-corrected chi connectivity index (χ1v) is 9.57. The topological polar surface area (TPSA) is 73.6 Å². The first-order valence-electron chi connectivity index (χ1n) is 8.38. The Morgan fingerprint density at radius 2 is 1.89 bits per heavy atom. The van der Waals surface area contributed by atoms with E-state index in [1.54, 1.807) is 19.3 Å². The molecule has 8 heteroatoms. The molecule has 4 rings (SSSR count). The van der Waals surface area contributed by atoms with Gasteiger partial charge < -0.3 is 4.74 Å². The van der Waals surface area contributed by atoms with Gasteiger partial charge in [-0.1, -0.05) is 59.3 Å². The minimum atomic E-state index is -0.468. The lowest BCUT2D eigenvalue weighted by Gasteiger charge is -2.02. The summed E-state index contributed by atoms with van der Waals surface area (Å²) >= 11 is 7.28. The van der Waals surface area contributed by atoms with Crippen LogP contribution in [0, 0.1) is 0 Å². The molecule has 0 atom stereocenters. The van der Waals surface area contributed by atoms with E-state index in [-0.39, 0.29) is 22.6 Å². The van der Waals surface area contributed by atoms with Gasteiger partial charge in [-0.15, -0.1) is 0 Å². The summed E-state index contributed by atoms with van der Waals surface area (Å²) in [6.45, 7) is 0. The highest BCUT2D eigenvalue weighted by molar-refractivity contribution is 7.15. The number of methoxy groups -OCH3 is 1. The van der Waals surface area contributed by atoms with Crippen LogP contribution in [-0.2, 0) is 6.42 Å². The van der Waals surface area contributed by atoms with Crippen molar-refractivity contribution in [1.29, 1.82) is 0 Å². The van der Waals surface area contributed by atoms with Crippen molar-refractivity contribution in [1.82, 2.24) is 14.6 Å². The fourth-order valence-electron chi connectivity index (χ4n) is 2.80. The molecule has 0 unspecified atom stereocenters. The molecule has 0 aliphatic rings. The Kier molecular flexibility index (Phi) is 4.93. The summed E-state index contributed by atoms with van der Waals surface area (Å²) in [4.78, 5) is 29.4. The SMILES string of the molecule is COc1ccccc1/C=c1/sc2nc(=O)c(Cc3ccccc3Cl)nn2c1=O. The maximum absolute atomic E-state index is 12.8. The number of ether oxygens (including phenoxy) is 1. The molecule has 2 aromatic heterocycles. The predicted octanol–water partition coefficient (Wildman–Crippen LogP) is 2.31. The minimum absolute atomic E-state index is 0.171. The Balaban J connectivity index is 1.84. The monoisotopic (exact) mass is 411 g/mol. The number of fused-ring (bicyclic) bond motifs is 1. The highest BCUT2D eigenvalue weighted by Crippen LogP contribution is 2.18. The molecule has 0 amide bonds. The molecular weight excluding hydrogens is 398 g/mol. The third-order valence-electron chi connectivity index (χ3n) is 4.19. The lowest BCUT2D eigenvalue weighted by Crippen LogP contribution is -2.28. The van der Waals surface area contributed by atoms with E-state index in [1.165, 1.54) is 4.52 Å². The number of para-hydroxylation sites is 1. The Labute approximate surface area is 168 Å². The van der Waals surface area contributed by atoms with Crippen LogP contribution in [0.15, 0.2) is 58.1 Å². The van der Waals surface area contributed by atoms with Crippen molar-refractivity contribution < 1.29 is 4.74 Å². The lowest BCUT2D eigenvalue weighted by molar-refractivity contribution is 0.414. The molecule has 0 aliphatic carbocycles. The fourth-order valence-corrected chi connectivity index (χ4v) is 3.90. The van der Waals surface area contributed by atoms with E-state index < -0.39 is 5.56 Å². The van der Waals surface area contributed by atoms with Gasteiger partial charge in [0.25, 0.3) is 11.1 Å². The largest absolute Gasteiger partial charge is 0.496 e. The van der Waals surface area contributed by atoms with E-state index in [0.717, 1.165) is 22.5 Å². The maximum Gasteiger partial charge on any atom is 0.296 e. The molecule has 0 N–H and O–H groups in total. The van der Waals surface area contributed by atoms with Crippen LogP contribution in [-0.4, -0.2) is 21.7 Å². The van der Waals surface area contributed by atoms with Crippen LogP contribution in [0.25, 0.3) is 11.0 Å². The summed E-state index contributed by atoms with van der Waals surface area (Å²) < 4.78 is 6.90. The summed E-state index contributed by atoms with van der Waals surface area (Å²) in [6.07, 6.45) is 1.91. The van der Waals surface area contributed by atoms with Crippen LogP contribution in [0.5, 0.6) is 5.75 Å². The van der Waals surface area contributed by atoms with Crippen molar-refractivity contribution in [3.8, 4) is 5.75 Å². The number of halogens is 1. The molecular formula is C20H14ClN3O3S. The molecule has 0 bridgehead atoms. The van der Waals surface area contributed by atoms with Gasteiger partial charge >= 0.3 is 0 Å². The summed E-state index contributed by atoms with van der Waals surface area (Å²) in [5, 5.41) is 4.78. The van der Waals surface area contributed by atoms with Gasteiger partial charge in [0.1, 0.15) is 11.4 Å². The number of benzene rings is 2. The van der Waals surface area contributed by atoms with E-state index in [0.29, 0.717) is 15.3 Å². The van der Waals surface area contributed by atoms with Crippen molar-refractivity contribution in [3.63, 3.8) is 0 Å². The average Bonchev–Trinajstić information content (AvgIpc) is 2.99. The van der Waals surface area contributed by atoms with Crippen molar-refractivity contribution >= 4 is 34.0 Å². The van der Waals surface area contributed by atoms with Crippen LogP contribution >= 0.6 is 22.9 Å². The number of rotatable bonds is 4. The molecule has 2 heterocycles. The van der Waals surface area contributed by atoms with Crippen LogP contribution in [0.3, 0.4) is 0 Å². The third kappa shape index (κ3) is 3.42. The van der Waals surface area contributed by atoms with E-state index in [1.807, 2.05) is 42.5 Å². The zero-order valence-electron chi connectivity index (χ0n) is 14.8. The van der Waals surface area contributed by atoms with Gasteiger partial charge in [0, 0.05) is 17.0 Å². The van der Waals surface area contributed by atoms with Gasteiger partial charge in [-0.3, -0.25) is 9.59 Å². The molecule has 0 saturated carbocycles. The van der Waals surface area contributed by atoms with Gasteiger partial charge in [-0.2, -0.15) is 14.6 Å². The minimum Gasteiger partial charge on any atom is -0.496 e. The van der Waals surface area contributed by atoms with Crippen LogP contribution in [0.1, 0.15) is 16.8 Å². The van der Waals surface area contributed by atoms with E-state index in [9.17, 15) is 9.59 Å². The zero-order valence-corrected chi connectivity index (χ0v) is 16.3. The molecule has 2 aromatic carbocycles. The Morgan fingerprint density at radius 1 is 1.14 bits per heavy atom. The van der Waals surface area contributed by atoms with E-state index in [4.69, 9.17) is 16.3 Å². The molecule has 6 nitrogen and oxygen atoms in total. The van der Waals surface area contributed by atoms with Crippen molar-refractivity contribution in [2.45, 2.75) is 6.42 Å². The van der Waals surface area contributed by atoms with Gasteiger partial charge in [-0.25, -0.2) is 0 Å². The van der Waals surface area contributed by atoms with Crippen molar-refractivity contribution in [2.75, 3.05) is 7.11 Å². The fraction of sp³-hybridized carbons (Fsp3) is 0.100. The zero-order chi connectivity index (χ0) is 19.7. The van der Waals surface area contributed by atoms with Crippen LogP contribution < -0.4 is 20.4 Å². The standard InChI is InChI=1S/C20H14ClN3O3S/c1-27-16-9-5-3-7-13(16)11-17-19(26)24-20(28-17)22-18(25)15(23-24)10-12-6-2-4-8-14(12)21/h2-9,11H,10H2,1H3/b17-11+. The first-order chi connectivity index (χ1) is 13.6. The van der Waals surface area contributed by atoms with E-state index in [2.05, 4.69) is 10.1 Å². The van der Waals surface area contributed by atoms with E-state index >= 15 is 0 Å². The van der Waals surface area contributed by atoms with Gasteiger partial charge in [0.2, 0.25) is 4.96 Å². The van der Waals surface area contributed by atoms with Crippen LogP contribution in [0.2, 0.25) is 5.02 Å². The maximum atomic E-state index is 12.8. The molecule has 0 aliphatic heterocycles. The molecule has 4 aromatic rings. The molecule has 28 heavy (non-hydrogen) atoms. The quantitative estimate of drug-likeness (QED) is 0.515. The number of hydrogen-bond donors (Lipinski definition) is 0. The average molecular weight is 412 g/mol. The van der Waals surface area contributed by atoms with Gasteiger partial charge in [0.05, 0.1) is 11.6 Å². The summed E-state index contributed by atoms with van der Waals surface area (Å²) in [6, 6.07) is 14.5. The Morgan fingerprint density at radius 3 is 2.68 bits per heavy atom. The molecule has 0 fully saturated rings. The summed E-state index contributed by atoms with van der Waals surface area (Å²) in [5.74, 6) is 0.647. The van der Waals surface area contributed by atoms with Crippen molar-refractivity contribution in [2.24, 2.45) is 0 Å². The third-order valence-corrected chi connectivity index (χ3v) is 5.52. The molecule has 0 spiro atoms. The second-order valence-corrected chi connectivity index (χ2v) is 7.40. The second-order valence-electron chi connectivity index (χ2n) is 5.98. The Bertz CT molecular complexity index is 1350. The number of nitrogens with zero attached hydrogens (tertiary/aromatic N) is 3. The second kappa shape index (κ2) is 7.53. The number of aromatic nitrogens is 3. The molecule has 140 valence electrons. The first kappa shape index (κ1) is 18.3. The highest BCUT2D eigenvalue weighted by Gasteiger charge is 2.13. The molecule has 0 radical (unpaired) electrons. The number of thiazole rings is 1.